The molecule has 0 atom stereocenters. The van der Waals surface area contributed by atoms with Crippen LogP contribution in [-0.4, -0.2) is 17.3 Å². The fourth-order valence-electron chi connectivity index (χ4n) is 2.10. The van der Waals surface area contributed by atoms with E-state index in [1.807, 2.05) is 12.1 Å². The van der Waals surface area contributed by atoms with Crippen molar-refractivity contribution in [3.63, 3.8) is 0 Å². The maximum absolute atomic E-state index is 12.4. The van der Waals surface area contributed by atoms with Crippen molar-refractivity contribution < 1.29 is 13.2 Å². The van der Waals surface area contributed by atoms with Crippen LogP contribution in [0, 0.1) is 0 Å². The Kier molecular flexibility index (Phi) is 4.14. The highest BCUT2D eigenvalue weighted by Gasteiger charge is 2.28. The normalized spacial score (nSPS) is 12.2. The summed E-state index contributed by atoms with van der Waals surface area (Å²) in [7, 11) is 0. The average molecular weight is 270 g/mol. The largest absolute Gasteiger partial charge is 0.406 e. The second-order valence-corrected chi connectivity index (χ2v) is 4.63. The molecule has 0 unspecified atom stereocenters. The first-order valence-electron chi connectivity index (χ1n) is 6.35. The van der Waals surface area contributed by atoms with Crippen molar-refractivity contribution >= 4 is 10.9 Å². The molecule has 1 aromatic heterocycles. The lowest BCUT2D eigenvalue weighted by Gasteiger charge is -2.09. The second kappa shape index (κ2) is 5.65. The van der Waals surface area contributed by atoms with Gasteiger partial charge < -0.3 is 9.88 Å². The highest BCUT2D eigenvalue weighted by atomic mass is 19.4. The third-order valence-electron chi connectivity index (χ3n) is 2.94. The molecule has 2 rings (SSSR count). The van der Waals surface area contributed by atoms with Crippen molar-refractivity contribution in [1.82, 2.24) is 9.88 Å². The molecule has 1 N–H and O–H groups in total. The van der Waals surface area contributed by atoms with Crippen LogP contribution >= 0.6 is 0 Å². The number of benzene rings is 1. The fourth-order valence-corrected chi connectivity index (χ4v) is 2.10. The molecule has 5 heteroatoms. The molecule has 0 aliphatic rings. The summed E-state index contributed by atoms with van der Waals surface area (Å²) in [5.74, 6) is 0. The zero-order valence-electron chi connectivity index (χ0n) is 10.8. The summed E-state index contributed by atoms with van der Waals surface area (Å²) >= 11 is 0. The van der Waals surface area contributed by atoms with E-state index in [0.29, 0.717) is 5.52 Å². The lowest BCUT2D eigenvalue weighted by atomic mass is 10.1. The van der Waals surface area contributed by atoms with E-state index in [9.17, 15) is 13.2 Å². The van der Waals surface area contributed by atoms with Crippen molar-refractivity contribution in [2.45, 2.75) is 32.6 Å². The highest BCUT2D eigenvalue weighted by molar-refractivity contribution is 5.80. The topological polar surface area (TPSA) is 17.0 Å². The van der Waals surface area contributed by atoms with Gasteiger partial charge in [-0.15, -0.1) is 0 Å². The van der Waals surface area contributed by atoms with Crippen molar-refractivity contribution in [3.05, 3.63) is 36.0 Å². The Bertz CT molecular complexity index is 543. The first-order valence-corrected chi connectivity index (χ1v) is 6.35. The fraction of sp³-hybridized carbons (Fsp3) is 0.429. The van der Waals surface area contributed by atoms with Crippen molar-refractivity contribution in [2.75, 3.05) is 6.54 Å². The number of hydrogen-bond donors (Lipinski definition) is 1. The lowest BCUT2D eigenvalue weighted by molar-refractivity contribution is -0.139. The molecule has 0 radical (unpaired) electrons. The van der Waals surface area contributed by atoms with Crippen LogP contribution in [0.2, 0.25) is 0 Å². The monoisotopic (exact) mass is 270 g/mol. The molecule has 0 saturated carbocycles. The van der Waals surface area contributed by atoms with E-state index in [1.54, 1.807) is 12.1 Å². The van der Waals surface area contributed by atoms with Gasteiger partial charge in [0, 0.05) is 18.3 Å². The molecular weight excluding hydrogens is 253 g/mol. The Morgan fingerprint density at radius 3 is 2.68 bits per heavy atom. The molecular formula is C14H17F3N2. The molecule has 1 aromatic carbocycles. The highest BCUT2D eigenvalue weighted by Crippen LogP contribution is 2.23. The number of alkyl halides is 3. The van der Waals surface area contributed by atoms with Crippen LogP contribution in [0.1, 0.15) is 18.9 Å². The molecule has 0 amide bonds. The van der Waals surface area contributed by atoms with E-state index in [4.69, 9.17) is 0 Å². The molecule has 0 aliphatic carbocycles. The van der Waals surface area contributed by atoms with Crippen LogP contribution < -0.4 is 5.32 Å². The smallest absolute Gasteiger partial charge is 0.338 e. The molecule has 1 heterocycles. The Hall–Kier alpha value is -1.49. The van der Waals surface area contributed by atoms with Gasteiger partial charge in [0.25, 0.3) is 0 Å². The van der Waals surface area contributed by atoms with Crippen LogP contribution in [0.15, 0.2) is 30.5 Å². The van der Waals surface area contributed by atoms with Crippen LogP contribution in [0.5, 0.6) is 0 Å². The number of nitrogens with one attached hydrogen (secondary N) is 1. The lowest BCUT2D eigenvalue weighted by Crippen LogP contribution is -2.16. The maximum Gasteiger partial charge on any atom is 0.406 e. The zero-order chi connectivity index (χ0) is 13.9. The summed E-state index contributed by atoms with van der Waals surface area (Å²) in [6.45, 7) is 2.83. The van der Waals surface area contributed by atoms with E-state index in [2.05, 4.69) is 12.2 Å². The van der Waals surface area contributed by atoms with Gasteiger partial charge in [0.15, 0.2) is 0 Å². The Labute approximate surface area is 110 Å². The van der Waals surface area contributed by atoms with Gasteiger partial charge >= 0.3 is 6.18 Å². The van der Waals surface area contributed by atoms with Gasteiger partial charge in [0.1, 0.15) is 6.54 Å². The first kappa shape index (κ1) is 13.9. The van der Waals surface area contributed by atoms with Gasteiger partial charge in [0.2, 0.25) is 0 Å². The molecule has 19 heavy (non-hydrogen) atoms. The molecule has 2 aromatic rings. The van der Waals surface area contributed by atoms with Gasteiger partial charge in [-0.05, 0) is 42.1 Å². The molecule has 0 aliphatic heterocycles. The van der Waals surface area contributed by atoms with Gasteiger partial charge in [-0.25, -0.2) is 0 Å². The van der Waals surface area contributed by atoms with E-state index in [-0.39, 0.29) is 0 Å². The van der Waals surface area contributed by atoms with Crippen molar-refractivity contribution in [1.29, 1.82) is 0 Å². The number of halogens is 3. The minimum absolute atomic E-state index is 0.622. The van der Waals surface area contributed by atoms with Crippen LogP contribution in [-0.2, 0) is 13.1 Å². The molecule has 0 saturated heterocycles. The SMILES string of the molecule is CCCNCc1ccc2c(ccn2CC(F)(F)F)c1. The van der Waals surface area contributed by atoms with Gasteiger partial charge in [-0.2, -0.15) is 13.2 Å². The maximum atomic E-state index is 12.4. The Balaban J connectivity index is 2.17. The first-order chi connectivity index (χ1) is 8.99. The quantitative estimate of drug-likeness (QED) is 0.820. The van der Waals surface area contributed by atoms with Gasteiger partial charge in [-0.3, -0.25) is 0 Å². The molecule has 0 fully saturated rings. The summed E-state index contributed by atoms with van der Waals surface area (Å²) in [4.78, 5) is 0. The zero-order valence-corrected chi connectivity index (χ0v) is 10.8. The number of fused-ring (bicyclic) bond motifs is 1. The summed E-state index contributed by atoms with van der Waals surface area (Å²) < 4.78 is 38.4. The molecule has 0 spiro atoms. The number of aromatic nitrogens is 1. The van der Waals surface area contributed by atoms with Crippen LogP contribution in [0.3, 0.4) is 0 Å². The molecule has 0 bridgehead atoms. The predicted molar refractivity (Wildman–Crippen MR) is 70.0 cm³/mol. The van der Waals surface area contributed by atoms with Crippen LogP contribution in [0.25, 0.3) is 10.9 Å². The summed E-state index contributed by atoms with van der Waals surface area (Å²) in [6.07, 6.45) is -1.64. The third-order valence-corrected chi connectivity index (χ3v) is 2.94. The summed E-state index contributed by atoms with van der Waals surface area (Å²) in [6, 6.07) is 7.29. The standard InChI is InChI=1S/C14H17F3N2/c1-2-6-18-9-11-3-4-13-12(8-11)5-7-19(13)10-14(15,16)17/h3-5,7-8,18H,2,6,9-10H2,1H3. The second-order valence-electron chi connectivity index (χ2n) is 4.63. The number of nitrogens with zero attached hydrogens (tertiary/aromatic N) is 1. The van der Waals surface area contributed by atoms with Gasteiger partial charge in [0.05, 0.1) is 0 Å². The Morgan fingerprint density at radius 2 is 2.00 bits per heavy atom. The average Bonchev–Trinajstić information content (AvgIpc) is 2.70. The minimum atomic E-state index is -4.19. The van der Waals surface area contributed by atoms with Crippen LogP contribution in [0.4, 0.5) is 13.2 Å². The molecule has 104 valence electrons. The minimum Gasteiger partial charge on any atom is -0.338 e. The number of rotatable bonds is 5. The summed E-state index contributed by atoms with van der Waals surface area (Å²) in [5, 5.41) is 4.12. The van der Waals surface area contributed by atoms with E-state index in [0.717, 1.165) is 30.5 Å². The van der Waals surface area contributed by atoms with E-state index < -0.39 is 12.7 Å². The Morgan fingerprint density at radius 1 is 1.21 bits per heavy atom. The van der Waals surface area contributed by atoms with E-state index in [1.165, 1.54) is 10.8 Å². The predicted octanol–water partition coefficient (Wildman–Crippen LogP) is 3.70. The van der Waals surface area contributed by atoms with Crippen molar-refractivity contribution in [2.24, 2.45) is 0 Å². The summed E-state index contributed by atoms with van der Waals surface area (Å²) in [5.41, 5.74) is 1.71. The molecule has 2 nitrogen and oxygen atoms in total. The third kappa shape index (κ3) is 3.73. The number of hydrogen-bond acceptors (Lipinski definition) is 1. The van der Waals surface area contributed by atoms with Gasteiger partial charge in [-0.1, -0.05) is 13.0 Å². The van der Waals surface area contributed by atoms with Crippen molar-refractivity contribution in [3.8, 4) is 0 Å². The van der Waals surface area contributed by atoms with E-state index >= 15 is 0 Å².